The van der Waals surface area contributed by atoms with Crippen molar-refractivity contribution in [3.05, 3.63) is 48.5 Å². The van der Waals surface area contributed by atoms with E-state index in [4.69, 9.17) is 5.73 Å². The lowest BCUT2D eigenvalue weighted by molar-refractivity contribution is 1.26. The Bertz CT molecular complexity index is 700. The molecule has 0 unspecified atom stereocenters. The Morgan fingerprint density at radius 1 is 0.944 bits per heavy atom. The number of hydrogen-bond acceptors (Lipinski definition) is 5. The van der Waals surface area contributed by atoms with Gasteiger partial charge in [-0.25, -0.2) is 0 Å². The van der Waals surface area contributed by atoms with E-state index in [1.54, 1.807) is 12.1 Å². The Morgan fingerprint density at radius 2 is 1.72 bits per heavy atom. The Morgan fingerprint density at radius 3 is 2.56 bits per heavy atom. The summed E-state index contributed by atoms with van der Waals surface area (Å²) >= 11 is 1.35. The van der Waals surface area contributed by atoms with Gasteiger partial charge in [0, 0.05) is 11.1 Å². The number of hydrogen-bond donors (Lipinski definition) is 1. The SMILES string of the molecule is Nc1ccc(N=Nc2snc3ccccc23)cc1. The lowest BCUT2D eigenvalue weighted by Gasteiger charge is -1.93. The fourth-order valence-electron chi connectivity index (χ4n) is 1.59. The normalized spacial score (nSPS) is 11.3. The lowest BCUT2D eigenvalue weighted by Crippen LogP contribution is -1.80. The van der Waals surface area contributed by atoms with Crippen LogP contribution >= 0.6 is 11.5 Å². The van der Waals surface area contributed by atoms with E-state index >= 15 is 0 Å². The van der Waals surface area contributed by atoms with E-state index in [2.05, 4.69) is 14.6 Å². The fraction of sp³-hybridized carbons (Fsp3) is 0. The number of anilines is 1. The molecule has 0 fully saturated rings. The number of nitrogens with zero attached hydrogens (tertiary/aromatic N) is 3. The zero-order chi connectivity index (χ0) is 12.4. The van der Waals surface area contributed by atoms with Gasteiger partial charge in [-0.05, 0) is 47.9 Å². The largest absolute Gasteiger partial charge is 0.399 e. The van der Waals surface area contributed by atoms with E-state index in [1.165, 1.54) is 11.5 Å². The lowest BCUT2D eigenvalue weighted by atomic mass is 10.2. The Labute approximate surface area is 108 Å². The Hall–Kier alpha value is -2.27. The molecule has 2 aromatic carbocycles. The average molecular weight is 254 g/mol. The predicted molar refractivity (Wildman–Crippen MR) is 74.7 cm³/mol. The van der Waals surface area contributed by atoms with Crippen LogP contribution in [0.25, 0.3) is 10.9 Å². The molecule has 0 aliphatic heterocycles. The first-order valence-electron chi connectivity index (χ1n) is 5.44. The minimum Gasteiger partial charge on any atom is -0.399 e. The van der Waals surface area contributed by atoms with Gasteiger partial charge >= 0.3 is 0 Å². The molecule has 2 N–H and O–H groups in total. The van der Waals surface area contributed by atoms with E-state index in [-0.39, 0.29) is 0 Å². The van der Waals surface area contributed by atoms with Crippen molar-refractivity contribution in [2.75, 3.05) is 5.73 Å². The van der Waals surface area contributed by atoms with Crippen LogP contribution < -0.4 is 5.73 Å². The highest BCUT2D eigenvalue weighted by Gasteiger charge is 2.03. The van der Waals surface area contributed by atoms with Crippen molar-refractivity contribution in [1.82, 2.24) is 4.37 Å². The fourth-order valence-corrected chi connectivity index (χ4v) is 2.28. The molecule has 0 saturated heterocycles. The molecule has 18 heavy (non-hydrogen) atoms. The van der Waals surface area contributed by atoms with Gasteiger partial charge in [0.15, 0.2) is 5.00 Å². The molecule has 4 nitrogen and oxygen atoms in total. The van der Waals surface area contributed by atoms with Crippen LogP contribution in [-0.4, -0.2) is 4.37 Å². The molecule has 3 aromatic rings. The second-order valence-corrected chi connectivity index (χ2v) is 4.55. The summed E-state index contributed by atoms with van der Waals surface area (Å²) in [6.07, 6.45) is 0. The molecule has 0 radical (unpaired) electrons. The van der Waals surface area contributed by atoms with Gasteiger partial charge in [-0.2, -0.15) is 4.37 Å². The molecular formula is C13H10N4S. The minimum absolute atomic E-state index is 0.720. The summed E-state index contributed by atoms with van der Waals surface area (Å²) in [7, 11) is 0. The second kappa shape index (κ2) is 4.54. The third-order valence-corrected chi connectivity index (χ3v) is 3.28. The van der Waals surface area contributed by atoms with Crippen molar-refractivity contribution in [2.45, 2.75) is 0 Å². The van der Waals surface area contributed by atoms with Gasteiger partial charge in [0.05, 0.1) is 11.2 Å². The van der Waals surface area contributed by atoms with Gasteiger partial charge in [0.2, 0.25) is 0 Å². The molecule has 0 spiro atoms. The maximum atomic E-state index is 5.61. The van der Waals surface area contributed by atoms with Gasteiger partial charge in [0.1, 0.15) is 0 Å². The maximum absolute atomic E-state index is 5.61. The molecule has 0 saturated carbocycles. The molecule has 0 bridgehead atoms. The molecule has 1 aromatic heterocycles. The van der Waals surface area contributed by atoms with E-state index in [9.17, 15) is 0 Å². The summed E-state index contributed by atoms with van der Waals surface area (Å²) in [6, 6.07) is 15.2. The van der Waals surface area contributed by atoms with Crippen LogP contribution in [0.5, 0.6) is 0 Å². The third kappa shape index (κ3) is 2.08. The Kier molecular flexibility index (Phi) is 2.74. The second-order valence-electron chi connectivity index (χ2n) is 3.80. The molecular weight excluding hydrogens is 244 g/mol. The number of aromatic nitrogens is 1. The van der Waals surface area contributed by atoms with Crippen LogP contribution in [0.3, 0.4) is 0 Å². The predicted octanol–water partition coefficient (Wildman–Crippen LogP) is 4.29. The number of rotatable bonds is 2. The number of fused-ring (bicyclic) bond motifs is 1. The van der Waals surface area contributed by atoms with Crippen molar-refractivity contribution in [2.24, 2.45) is 10.2 Å². The van der Waals surface area contributed by atoms with Gasteiger partial charge in [-0.1, -0.05) is 12.1 Å². The highest BCUT2D eigenvalue weighted by molar-refractivity contribution is 7.11. The average Bonchev–Trinajstić information content (AvgIpc) is 2.82. The van der Waals surface area contributed by atoms with E-state index < -0.39 is 0 Å². The number of benzene rings is 2. The van der Waals surface area contributed by atoms with Crippen LogP contribution in [0, 0.1) is 0 Å². The summed E-state index contributed by atoms with van der Waals surface area (Å²) in [5, 5.41) is 10.3. The van der Waals surface area contributed by atoms with Gasteiger partial charge in [-0.3, -0.25) is 0 Å². The molecule has 0 atom stereocenters. The highest BCUT2D eigenvalue weighted by atomic mass is 32.1. The monoisotopic (exact) mass is 254 g/mol. The standard InChI is InChI=1S/C13H10N4S/c14-9-5-7-10(8-6-9)15-16-13-11-3-1-2-4-12(11)17-18-13/h1-8H,14H2. The van der Waals surface area contributed by atoms with Crippen molar-refractivity contribution in [3.63, 3.8) is 0 Å². The summed E-state index contributed by atoms with van der Waals surface area (Å²) in [4.78, 5) is 0. The summed E-state index contributed by atoms with van der Waals surface area (Å²) in [6.45, 7) is 0. The van der Waals surface area contributed by atoms with Crippen molar-refractivity contribution < 1.29 is 0 Å². The van der Waals surface area contributed by atoms with Crippen LogP contribution in [-0.2, 0) is 0 Å². The summed E-state index contributed by atoms with van der Waals surface area (Å²) in [5.41, 5.74) is 8.06. The molecule has 0 amide bonds. The maximum Gasteiger partial charge on any atom is 0.166 e. The van der Waals surface area contributed by atoms with E-state index in [0.29, 0.717) is 0 Å². The molecule has 1 heterocycles. The Balaban J connectivity index is 1.94. The zero-order valence-corrected chi connectivity index (χ0v) is 10.3. The van der Waals surface area contributed by atoms with Gasteiger partial charge in [-0.15, -0.1) is 10.2 Å². The molecule has 88 valence electrons. The molecule has 3 rings (SSSR count). The highest BCUT2D eigenvalue weighted by Crippen LogP contribution is 2.31. The van der Waals surface area contributed by atoms with Crippen LogP contribution in [0.15, 0.2) is 58.8 Å². The molecule has 0 aliphatic carbocycles. The van der Waals surface area contributed by atoms with E-state index in [0.717, 1.165) is 27.3 Å². The third-order valence-electron chi connectivity index (χ3n) is 2.51. The number of azo groups is 1. The minimum atomic E-state index is 0.720. The number of nitrogen functional groups attached to an aromatic ring is 1. The van der Waals surface area contributed by atoms with Crippen molar-refractivity contribution in [3.8, 4) is 0 Å². The van der Waals surface area contributed by atoms with Crippen molar-refractivity contribution in [1.29, 1.82) is 0 Å². The zero-order valence-electron chi connectivity index (χ0n) is 9.45. The van der Waals surface area contributed by atoms with Crippen LogP contribution in [0.4, 0.5) is 16.4 Å². The number of nitrogens with two attached hydrogens (primary N) is 1. The summed E-state index contributed by atoms with van der Waals surface area (Å²) in [5.74, 6) is 0. The quantitative estimate of drug-likeness (QED) is 0.547. The van der Waals surface area contributed by atoms with Gasteiger partial charge in [0.25, 0.3) is 0 Å². The first kappa shape index (κ1) is 10.9. The van der Waals surface area contributed by atoms with Gasteiger partial charge < -0.3 is 5.73 Å². The first-order chi connectivity index (χ1) is 8.83. The first-order valence-corrected chi connectivity index (χ1v) is 6.22. The molecule has 0 aliphatic rings. The van der Waals surface area contributed by atoms with Crippen LogP contribution in [0.1, 0.15) is 0 Å². The smallest absolute Gasteiger partial charge is 0.166 e. The van der Waals surface area contributed by atoms with Crippen LogP contribution in [0.2, 0.25) is 0 Å². The topological polar surface area (TPSA) is 63.6 Å². The molecule has 5 heteroatoms. The van der Waals surface area contributed by atoms with Crippen molar-refractivity contribution >= 4 is 38.8 Å². The van der Waals surface area contributed by atoms with E-state index in [1.807, 2.05) is 36.4 Å². The summed E-state index contributed by atoms with van der Waals surface area (Å²) < 4.78 is 4.31.